The maximum absolute atomic E-state index is 5.92. The molecule has 1 unspecified atom stereocenters. The molecular formula is C17H18BrCl. The number of rotatable bonds is 2. The largest absolute Gasteiger partial charge is 0.0843 e. The van der Waals surface area contributed by atoms with Crippen molar-refractivity contribution in [1.82, 2.24) is 0 Å². The average molecular weight is 338 g/mol. The van der Waals surface area contributed by atoms with Gasteiger partial charge in [-0.1, -0.05) is 84.7 Å². The highest BCUT2D eigenvalue weighted by molar-refractivity contribution is 9.09. The lowest BCUT2D eigenvalue weighted by Gasteiger charge is -2.20. The van der Waals surface area contributed by atoms with Crippen LogP contribution < -0.4 is 0 Å². The quantitative estimate of drug-likeness (QED) is 0.579. The second-order valence-corrected chi connectivity index (χ2v) is 7.14. The van der Waals surface area contributed by atoms with Crippen molar-refractivity contribution in [3.05, 3.63) is 70.2 Å². The van der Waals surface area contributed by atoms with E-state index in [9.17, 15) is 0 Å². The van der Waals surface area contributed by atoms with Crippen molar-refractivity contribution in [2.75, 3.05) is 0 Å². The predicted molar refractivity (Wildman–Crippen MR) is 87.4 cm³/mol. The van der Waals surface area contributed by atoms with Gasteiger partial charge in [0.2, 0.25) is 0 Å². The van der Waals surface area contributed by atoms with Gasteiger partial charge < -0.3 is 0 Å². The Labute approximate surface area is 128 Å². The first kappa shape index (κ1) is 14.6. The molecule has 0 heterocycles. The van der Waals surface area contributed by atoms with Gasteiger partial charge in [-0.2, -0.15) is 0 Å². The van der Waals surface area contributed by atoms with Gasteiger partial charge in [-0.15, -0.1) is 0 Å². The molecule has 0 amide bonds. The van der Waals surface area contributed by atoms with Crippen LogP contribution in [0.25, 0.3) is 0 Å². The van der Waals surface area contributed by atoms with Crippen LogP contribution in [0.5, 0.6) is 0 Å². The molecule has 0 spiro atoms. The lowest BCUT2D eigenvalue weighted by Crippen LogP contribution is -2.10. The zero-order chi connectivity index (χ0) is 14.0. The van der Waals surface area contributed by atoms with Gasteiger partial charge in [-0.3, -0.25) is 0 Å². The number of benzene rings is 2. The average Bonchev–Trinajstić information content (AvgIpc) is 2.38. The van der Waals surface area contributed by atoms with Crippen LogP contribution in [-0.4, -0.2) is 0 Å². The third-order valence-electron chi connectivity index (χ3n) is 3.23. The topological polar surface area (TPSA) is 0 Å². The summed E-state index contributed by atoms with van der Waals surface area (Å²) in [5, 5.41) is 0.770. The molecule has 0 aliphatic carbocycles. The molecule has 100 valence electrons. The first-order chi connectivity index (χ1) is 8.88. The van der Waals surface area contributed by atoms with E-state index in [0.717, 1.165) is 5.02 Å². The molecule has 0 saturated carbocycles. The normalized spacial score (nSPS) is 13.3. The molecule has 2 aromatic carbocycles. The fourth-order valence-electron chi connectivity index (χ4n) is 1.98. The van der Waals surface area contributed by atoms with Crippen molar-refractivity contribution in [2.24, 2.45) is 0 Å². The van der Waals surface area contributed by atoms with Crippen LogP contribution in [0.1, 0.15) is 42.3 Å². The molecule has 0 aliphatic heterocycles. The summed E-state index contributed by atoms with van der Waals surface area (Å²) in [6, 6.07) is 16.8. The fourth-order valence-corrected chi connectivity index (χ4v) is 2.71. The van der Waals surface area contributed by atoms with Crippen molar-refractivity contribution in [2.45, 2.75) is 31.0 Å². The van der Waals surface area contributed by atoms with Gasteiger partial charge in [0.25, 0.3) is 0 Å². The van der Waals surface area contributed by atoms with E-state index in [-0.39, 0.29) is 10.2 Å². The summed E-state index contributed by atoms with van der Waals surface area (Å²) in [5.74, 6) is 0. The monoisotopic (exact) mass is 336 g/mol. The van der Waals surface area contributed by atoms with Crippen molar-refractivity contribution < 1.29 is 0 Å². The van der Waals surface area contributed by atoms with Gasteiger partial charge >= 0.3 is 0 Å². The zero-order valence-corrected chi connectivity index (χ0v) is 13.8. The van der Waals surface area contributed by atoms with Crippen LogP contribution in [0.4, 0.5) is 0 Å². The van der Waals surface area contributed by atoms with E-state index in [1.807, 2.05) is 12.1 Å². The van der Waals surface area contributed by atoms with Gasteiger partial charge in [0.1, 0.15) is 0 Å². The molecule has 2 aromatic rings. The Balaban J connectivity index is 2.25. The van der Waals surface area contributed by atoms with Crippen molar-refractivity contribution in [3.63, 3.8) is 0 Å². The summed E-state index contributed by atoms with van der Waals surface area (Å²) in [7, 11) is 0. The molecule has 0 nitrogen and oxygen atoms in total. The Kier molecular flexibility index (Phi) is 4.37. The van der Waals surface area contributed by atoms with Crippen LogP contribution in [-0.2, 0) is 5.41 Å². The standard InChI is InChI=1S/C17H18BrCl/c1-17(2,3)14-8-4-12(5-9-14)16(18)13-6-10-15(19)11-7-13/h4-11,16H,1-3H3. The SMILES string of the molecule is CC(C)(C)c1ccc(C(Br)c2ccc(Cl)cc2)cc1. The third kappa shape index (κ3) is 3.61. The first-order valence-electron chi connectivity index (χ1n) is 6.38. The molecule has 0 saturated heterocycles. The van der Waals surface area contributed by atoms with Gasteiger partial charge in [-0.25, -0.2) is 0 Å². The molecule has 19 heavy (non-hydrogen) atoms. The van der Waals surface area contributed by atoms with E-state index < -0.39 is 0 Å². The molecule has 0 aliphatic rings. The molecule has 2 rings (SSSR count). The summed E-state index contributed by atoms with van der Waals surface area (Å²) in [6.45, 7) is 6.69. The molecule has 1 atom stereocenters. The molecule has 0 radical (unpaired) electrons. The van der Waals surface area contributed by atoms with E-state index in [1.54, 1.807) is 0 Å². The van der Waals surface area contributed by atoms with E-state index >= 15 is 0 Å². The second kappa shape index (κ2) is 5.68. The summed E-state index contributed by atoms with van der Waals surface area (Å²) in [5.41, 5.74) is 4.02. The van der Waals surface area contributed by atoms with Gasteiger partial charge in [0.05, 0.1) is 4.83 Å². The highest BCUT2D eigenvalue weighted by Gasteiger charge is 2.15. The van der Waals surface area contributed by atoms with E-state index in [2.05, 4.69) is 73.1 Å². The minimum atomic E-state index is 0.195. The highest BCUT2D eigenvalue weighted by Crippen LogP contribution is 2.32. The Morgan fingerprint density at radius 2 is 1.26 bits per heavy atom. The predicted octanol–water partition coefficient (Wildman–Crippen LogP) is 6.12. The minimum absolute atomic E-state index is 0.195. The molecule has 0 fully saturated rings. The zero-order valence-electron chi connectivity index (χ0n) is 11.5. The number of alkyl halides is 1. The Hall–Kier alpha value is -0.790. The Bertz CT molecular complexity index is 535. The Morgan fingerprint density at radius 1 is 0.842 bits per heavy atom. The molecular weight excluding hydrogens is 320 g/mol. The summed E-state index contributed by atoms with van der Waals surface area (Å²) in [6.07, 6.45) is 0. The lowest BCUT2D eigenvalue weighted by molar-refractivity contribution is 0.590. The van der Waals surface area contributed by atoms with E-state index in [4.69, 9.17) is 11.6 Å². The smallest absolute Gasteiger partial charge is 0.0644 e. The third-order valence-corrected chi connectivity index (χ3v) is 4.54. The van der Waals surface area contributed by atoms with Crippen LogP contribution in [0.3, 0.4) is 0 Å². The highest BCUT2D eigenvalue weighted by atomic mass is 79.9. The van der Waals surface area contributed by atoms with Crippen molar-refractivity contribution in [3.8, 4) is 0 Å². The number of hydrogen-bond donors (Lipinski definition) is 0. The van der Waals surface area contributed by atoms with Gasteiger partial charge in [-0.05, 0) is 34.2 Å². The van der Waals surface area contributed by atoms with Crippen LogP contribution in [0.2, 0.25) is 5.02 Å². The lowest BCUT2D eigenvalue weighted by atomic mass is 9.86. The van der Waals surface area contributed by atoms with Crippen LogP contribution in [0.15, 0.2) is 48.5 Å². The second-order valence-electron chi connectivity index (χ2n) is 5.79. The Morgan fingerprint density at radius 3 is 1.68 bits per heavy atom. The molecule has 2 heteroatoms. The minimum Gasteiger partial charge on any atom is -0.0843 e. The molecule has 0 aromatic heterocycles. The van der Waals surface area contributed by atoms with Crippen LogP contribution in [0, 0.1) is 0 Å². The van der Waals surface area contributed by atoms with E-state index in [0.29, 0.717) is 0 Å². The number of halogens is 2. The maximum atomic E-state index is 5.92. The summed E-state index contributed by atoms with van der Waals surface area (Å²) >= 11 is 9.67. The van der Waals surface area contributed by atoms with Crippen molar-refractivity contribution in [1.29, 1.82) is 0 Å². The fraction of sp³-hybridized carbons (Fsp3) is 0.294. The first-order valence-corrected chi connectivity index (χ1v) is 7.67. The van der Waals surface area contributed by atoms with Crippen LogP contribution >= 0.6 is 27.5 Å². The molecule has 0 N–H and O–H groups in total. The summed E-state index contributed by atoms with van der Waals surface area (Å²) < 4.78 is 0. The van der Waals surface area contributed by atoms with Gasteiger partial charge in [0, 0.05) is 5.02 Å². The maximum Gasteiger partial charge on any atom is 0.0644 e. The van der Waals surface area contributed by atoms with E-state index in [1.165, 1.54) is 16.7 Å². The number of hydrogen-bond acceptors (Lipinski definition) is 0. The summed E-state index contributed by atoms with van der Waals surface area (Å²) in [4.78, 5) is 0.207. The van der Waals surface area contributed by atoms with Gasteiger partial charge in [0.15, 0.2) is 0 Å². The molecule has 0 bridgehead atoms. The van der Waals surface area contributed by atoms with Crippen molar-refractivity contribution >= 4 is 27.5 Å².